The Morgan fingerprint density at radius 2 is 2.14 bits per heavy atom. The first-order chi connectivity index (χ1) is 6.37. The van der Waals surface area contributed by atoms with Crippen LogP contribution in [-0.4, -0.2) is 8.32 Å². The number of rotatable bonds is 3. The van der Waals surface area contributed by atoms with Crippen LogP contribution in [0.15, 0.2) is 17.5 Å². The summed E-state index contributed by atoms with van der Waals surface area (Å²) >= 11 is 1.57. The third-order valence-corrected chi connectivity index (χ3v) is 3.81. The fraction of sp³-hybridized carbons (Fsp3) is 0.500. The Morgan fingerprint density at radius 1 is 1.50 bits per heavy atom. The molecule has 0 radical (unpaired) electrons. The standard InChI is InChI=1S/C10H15NOSSi/c1-10(8-11,12-14(2,3)4)9-6-5-7-13-9/h5-7H,1-4H3/t10-/m0/s1. The fourth-order valence-electron chi connectivity index (χ4n) is 1.29. The van der Waals surface area contributed by atoms with E-state index in [2.05, 4.69) is 25.7 Å². The molecule has 0 unspecified atom stereocenters. The number of thiophene rings is 1. The summed E-state index contributed by atoms with van der Waals surface area (Å²) in [4.78, 5) is 0.988. The lowest BCUT2D eigenvalue weighted by molar-refractivity contribution is 0.145. The Kier molecular flexibility index (Phi) is 3.15. The van der Waals surface area contributed by atoms with Gasteiger partial charge in [-0.25, -0.2) is 0 Å². The third-order valence-electron chi connectivity index (χ3n) is 1.72. The second-order valence-electron chi connectivity index (χ2n) is 4.34. The first-order valence-corrected chi connectivity index (χ1v) is 8.81. The SMILES string of the molecule is C[C@@](C#N)(O[Si](C)(C)C)c1cccs1. The monoisotopic (exact) mass is 225 g/mol. The number of hydrogen-bond acceptors (Lipinski definition) is 3. The lowest BCUT2D eigenvalue weighted by atomic mass is 10.1. The lowest BCUT2D eigenvalue weighted by Crippen LogP contribution is -2.37. The molecule has 2 nitrogen and oxygen atoms in total. The molecule has 0 bridgehead atoms. The van der Waals surface area contributed by atoms with Crippen molar-refractivity contribution in [2.24, 2.45) is 0 Å². The average molecular weight is 225 g/mol. The molecule has 0 aliphatic rings. The number of nitriles is 1. The summed E-state index contributed by atoms with van der Waals surface area (Å²) in [6.07, 6.45) is 0. The summed E-state index contributed by atoms with van der Waals surface area (Å²) in [6.45, 7) is 8.12. The smallest absolute Gasteiger partial charge is 0.186 e. The molecule has 0 aliphatic carbocycles. The van der Waals surface area contributed by atoms with Gasteiger partial charge in [-0.15, -0.1) is 11.3 Å². The highest BCUT2D eigenvalue weighted by Gasteiger charge is 2.34. The minimum atomic E-state index is -1.69. The molecule has 0 saturated carbocycles. The Balaban J connectivity index is 2.95. The maximum absolute atomic E-state index is 9.17. The highest BCUT2D eigenvalue weighted by Crippen LogP contribution is 2.31. The zero-order chi connectivity index (χ0) is 10.8. The van der Waals surface area contributed by atoms with E-state index in [1.807, 2.05) is 24.4 Å². The molecule has 0 aromatic carbocycles. The van der Waals surface area contributed by atoms with Gasteiger partial charge in [-0.2, -0.15) is 5.26 Å². The molecule has 0 saturated heterocycles. The molecular weight excluding hydrogens is 210 g/mol. The second kappa shape index (κ2) is 3.85. The van der Waals surface area contributed by atoms with Crippen molar-refractivity contribution in [2.75, 3.05) is 0 Å². The van der Waals surface area contributed by atoms with Gasteiger partial charge in [-0.3, -0.25) is 0 Å². The van der Waals surface area contributed by atoms with E-state index in [9.17, 15) is 5.26 Å². The summed E-state index contributed by atoms with van der Waals surface area (Å²) in [7, 11) is -1.69. The Morgan fingerprint density at radius 3 is 2.50 bits per heavy atom. The molecule has 1 rings (SSSR count). The van der Waals surface area contributed by atoms with Crippen LogP contribution in [0.25, 0.3) is 0 Å². The van der Waals surface area contributed by atoms with Crippen molar-refractivity contribution < 1.29 is 4.43 Å². The largest absolute Gasteiger partial charge is 0.396 e. The highest BCUT2D eigenvalue weighted by atomic mass is 32.1. The Bertz CT molecular complexity index is 336. The van der Waals surface area contributed by atoms with Gasteiger partial charge < -0.3 is 4.43 Å². The molecule has 0 aliphatic heterocycles. The van der Waals surface area contributed by atoms with Gasteiger partial charge >= 0.3 is 0 Å². The zero-order valence-electron chi connectivity index (χ0n) is 9.00. The predicted molar refractivity (Wildman–Crippen MR) is 61.7 cm³/mol. The fourth-order valence-corrected chi connectivity index (χ4v) is 3.52. The zero-order valence-corrected chi connectivity index (χ0v) is 10.8. The van der Waals surface area contributed by atoms with Crippen molar-refractivity contribution in [1.29, 1.82) is 5.26 Å². The van der Waals surface area contributed by atoms with Crippen molar-refractivity contribution in [3.8, 4) is 6.07 Å². The van der Waals surface area contributed by atoms with E-state index in [0.717, 1.165) is 4.88 Å². The van der Waals surface area contributed by atoms with Gasteiger partial charge in [0.05, 0.1) is 0 Å². The molecule has 0 N–H and O–H groups in total. The van der Waals surface area contributed by atoms with Crippen LogP contribution in [0.1, 0.15) is 11.8 Å². The summed E-state index contributed by atoms with van der Waals surface area (Å²) in [5.41, 5.74) is -0.765. The van der Waals surface area contributed by atoms with Crippen molar-refractivity contribution in [3.05, 3.63) is 22.4 Å². The number of hydrogen-bond donors (Lipinski definition) is 0. The van der Waals surface area contributed by atoms with Crippen LogP contribution in [-0.2, 0) is 10.0 Å². The van der Waals surface area contributed by atoms with E-state index in [1.165, 1.54) is 0 Å². The van der Waals surface area contributed by atoms with Gasteiger partial charge in [-0.1, -0.05) is 6.07 Å². The van der Waals surface area contributed by atoms with Crippen molar-refractivity contribution in [1.82, 2.24) is 0 Å². The summed E-state index contributed by atoms with van der Waals surface area (Å²) < 4.78 is 5.91. The van der Waals surface area contributed by atoms with Gasteiger partial charge in [0.25, 0.3) is 0 Å². The Labute approximate surface area is 90.3 Å². The molecular formula is C10H15NOSSi. The first-order valence-electron chi connectivity index (χ1n) is 4.53. The van der Waals surface area contributed by atoms with Crippen LogP contribution >= 0.6 is 11.3 Å². The number of nitrogens with zero attached hydrogens (tertiary/aromatic N) is 1. The molecule has 0 spiro atoms. The van der Waals surface area contributed by atoms with E-state index in [-0.39, 0.29) is 0 Å². The maximum Gasteiger partial charge on any atom is 0.186 e. The van der Waals surface area contributed by atoms with Gasteiger partial charge in [0.15, 0.2) is 13.9 Å². The average Bonchev–Trinajstić information content (AvgIpc) is 2.53. The molecule has 1 atom stereocenters. The van der Waals surface area contributed by atoms with Crippen LogP contribution in [0.2, 0.25) is 19.6 Å². The quantitative estimate of drug-likeness (QED) is 0.739. The molecule has 0 amide bonds. The van der Waals surface area contributed by atoms with Crippen LogP contribution < -0.4 is 0 Å². The normalized spacial score (nSPS) is 15.9. The molecule has 76 valence electrons. The summed E-state index contributed by atoms with van der Waals surface area (Å²) in [5, 5.41) is 11.1. The molecule has 1 heterocycles. The van der Waals surface area contributed by atoms with Gasteiger partial charge in [0.1, 0.15) is 6.07 Å². The molecule has 14 heavy (non-hydrogen) atoms. The summed E-state index contributed by atoms with van der Waals surface area (Å²) in [6, 6.07) is 6.16. The van der Waals surface area contributed by atoms with Gasteiger partial charge in [0, 0.05) is 4.88 Å². The maximum atomic E-state index is 9.17. The lowest BCUT2D eigenvalue weighted by Gasteiger charge is -2.29. The topological polar surface area (TPSA) is 33.0 Å². The molecule has 1 aromatic rings. The Hall–Kier alpha value is -0.633. The minimum Gasteiger partial charge on any atom is -0.396 e. The summed E-state index contributed by atoms with van der Waals surface area (Å²) in [5.74, 6) is 0. The van der Waals surface area contributed by atoms with E-state index in [4.69, 9.17) is 4.43 Å². The minimum absolute atomic E-state index is 0.765. The van der Waals surface area contributed by atoms with E-state index in [0.29, 0.717) is 0 Å². The highest BCUT2D eigenvalue weighted by molar-refractivity contribution is 7.10. The van der Waals surface area contributed by atoms with Crippen LogP contribution in [0.5, 0.6) is 0 Å². The third kappa shape index (κ3) is 2.68. The van der Waals surface area contributed by atoms with Crippen molar-refractivity contribution in [3.63, 3.8) is 0 Å². The second-order valence-corrected chi connectivity index (χ2v) is 9.71. The van der Waals surface area contributed by atoms with E-state index in [1.54, 1.807) is 11.3 Å². The first kappa shape index (κ1) is 11.4. The molecule has 4 heteroatoms. The van der Waals surface area contributed by atoms with Gasteiger partial charge in [-0.05, 0) is 38.0 Å². The van der Waals surface area contributed by atoms with Crippen LogP contribution in [0.3, 0.4) is 0 Å². The molecule has 0 fully saturated rings. The predicted octanol–water partition coefficient (Wildman–Crippen LogP) is 3.34. The van der Waals surface area contributed by atoms with Crippen LogP contribution in [0, 0.1) is 11.3 Å². The van der Waals surface area contributed by atoms with Crippen LogP contribution in [0.4, 0.5) is 0 Å². The van der Waals surface area contributed by atoms with Crippen molar-refractivity contribution >= 4 is 19.7 Å². The van der Waals surface area contributed by atoms with Crippen molar-refractivity contribution in [2.45, 2.75) is 32.2 Å². The van der Waals surface area contributed by atoms with Gasteiger partial charge in [0.2, 0.25) is 0 Å². The van der Waals surface area contributed by atoms with E-state index < -0.39 is 13.9 Å². The molecule has 1 aromatic heterocycles. The van der Waals surface area contributed by atoms with E-state index >= 15 is 0 Å².